The molecular weight excluding hydrogens is 444 g/mol. The first-order chi connectivity index (χ1) is 15.7. The maximum Gasteiger partial charge on any atom is 0.190 e. The Bertz CT molecular complexity index is 1360. The Morgan fingerprint density at radius 1 is 1.18 bits per heavy atom. The van der Waals surface area contributed by atoms with Gasteiger partial charge >= 0.3 is 0 Å². The Balaban J connectivity index is 1.58. The van der Waals surface area contributed by atoms with E-state index in [1.165, 1.54) is 29.5 Å². The van der Waals surface area contributed by atoms with E-state index in [-0.39, 0.29) is 28.4 Å². The molecule has 0 amide bonds. The molecule has 0 atom stereocenters. The third kappa shape index (κ3) is 3.89. The molecule has 0 saturated heterocycles. The first kappa shape index (κ1) is 21.6. The molecule has 3 aromatic heterocycles. The molecule has 4 aromatic rings. The van der Waals surface area contributed by atoms with E-state index < -0.39 is 11.6 Å². The van der Waals surface area contributed by atoms with Crippen molar-refractivity contribution in [3.8, 4) is 27.5 Å². The number of nitrogens with one attached hydrogen (secondary N) is 1. The Morgan fingerprint density at radius 2 is 2.00 bits per heavy atom. The second-order valence-corrected chi connectivity index (χ2v) is 10.0. The summed E-state index contributed by atoms with van der Waals surface area (Å²) < 4.78 is 30.0. The van der Waals surface area contributed by atoms with Crippen molar-refractivity contribution in [3.05, 3.63) is 58.1 Å². The quantitative estimate of drug-likeness (QED) is 0.471. The average molecular weight is 468 g/mol. The number of fused-ring (bicyclic) bond motifs is 1. The molecule has 1 aromatic carbocycles. The lowest BCUT2D eigenvalue weighted by Crippen LogP contribution is -2.40. The molecule has 0 spiro atoms. The van der Waals surface area contributed by atoms with Gasteiger partial charge in [-0.15, -0.1) is 16.4 Å². The summed E-state index contributed by atoms with van der Waals surface area (Å²) in [7, 11) is 0. The fraction of sp³-hybridized carbons (Fsp3) is 0.304. The lowest BCUT2D eigenvalue weighted by Gasteiger charge is -2.23. The molecule has 10 heteroatoms. The molecule has 1 aliphatic rings. The maximum atomic E-state index is 14.7. The van der Waals surface area contributed by atoms with Crippen LogP contribution < -0.4 is 11.1 Å². The van der Waals surface area contributed by atoms with Crippen LogP contribution in [0.1, 0.15) is 29.9 Å². The summed E-state index contributed by atoms with van der Waals surface area (Å²) in [5, 5.41) is 15.2. The monoisotopic (exact) mass is 467 g/mol. The highest BCUT2D eigenvalue weighted by Gasteiger charge is 2.25. The second kappa shape index (κ2) is 7.96. The van der Waals surface area contributed by atoms with E-state index in [0.717, 1.165) is 34.5 Å². The fourth-order valence-corrected chi connectivity index (χ4v) is 5.29. The Labute approximate surface area is 193 Å². The van der Waals surface area contributed by atoms with Crippen molar-refractivity contribution in [2.45, 2.75) is 39.2 Å². The third-order valence-electron chi connectivity index (χ3n) is 5.88. The highest BCUT2D eigenvalue weighted by Crippen LogP contribution is 2.37. The average Bonchev–Trinajstić information content (AvgIpc) is 3.37. The van der Waals surface area contributed by atoms with Gasteiger partial charge in [0.2, 0.25) is 0 Å². The van der Waals surface area contributed by atoms with Crippen molar-refractivity contribution in [1.82, 2.24) is 30.5 Å². The van der Waals surface area contributed by atoms with Gasteiger partial charge in [-0.25, -0.2) is 13.8 Å². The van der Waals surface area contributed by atoms with Gasteiger partial charge in [-0.05, 0) is 73.4 Å². The molecule has 0 radical (unpaired) electrons. The SMILES string of the molecule is Cc1ccc(-n2nnnc2-c2cc(-c3cc4c(s3)CCNC(C)(C)C4)cnc2N)c(F)c1F. The zero-order valence-electron chi connectivity index (χ0n) is 18.5. The summed E-state index contributed by atoms with van der Waals surface area (Å²) in [4.78, 5) is 6.77. The summed E-state index contributed by atoms with van der Waals surface area (Å²) in [6, 6.07) is 6.96. The molecule has 170 valence electrons. The van der Waals surface area contributed by atoms with E-state index >= 15 is 0 Å². The minimum absolute atomic E-state index is 0.0313. The number of anilines is 1. The van der Waals surface area contributed by atoms with E-state index in [1.807, 2.05) is 6.07 Å². The molecule has 4 heterocycles. The predicted octanol–water partition coefficient (Wildman–Crippen LogP) is 4.09. The van der Waals surface area contributed by atoms with Crippen LogP contribution >= 0.6 is 11.3 Å². The molecule has 0 saturated carbocycles. The van der Waals surface area contributed by atoms with Crippen LogP contribution in [0.3, 0.4) is 0 Å². The first-order valence-electron chi connectivity index (χ1n) is 10.6. The van der Waals surface area contributed by atoms with Crippen molar-refractivity contribution in [3.63, 3.8) is 0 Å². The normalized spacial score (nSPS) is 15.3. The topological polar surface area (TPSA) is 94.5 Å². The van der Waals surface area contributed by atoms with Crippen molar-refractivity contribution in [2.24, 2.45) is 0 Å². The number of nitrogens with zero attached hydrogens (tertiary/aromatic N) is 5. The number of pyridine rings is 1. The molecule has 0 aliphatic carbocycles. The van der Waals surface area contributed by atoms with Crippen LogP contribution in [-0.4, -0.2) is 37.3 Å². The Morgan fingerprint density at radius 3 is 2.82 bits per heavy atom. The Hall–Kier alpha value is -3.24. The number of benzene rings is 1. The molecule has 0 unspecified atom stereocenters. The van der Waals surface area contributed by atoms with E-state index in [0.29, 0.717) is 5.56 Å². The highest BCUT2D eigenvalue weighted by atomic mass is 32.1. The van der Waals surface area contributed by atoms with Gasteiger partial charge in [0, 0.05) is 33.6 Å². The van der Waals surface area contributed by atoms with E-state index in [1.54, 1.807) is 17.5 Å². The van der Waals surface area contributed by atoms with Crippen molar-refractivity contribution in [2.75, 3.05) is 12.3 Å². The number of aryl methyl sites for hydroxylation is 1. The number of rotatable bonds is 3. The molecule has 5 rings (SSSR count). The van der Waals surface area contributed by atoms with Gasteiger partial charge in [-0.1, -0.05) is 6.07 Å². The summed E-state index contributed by atoms with van der Waals surface area (Å²) in [5.41, 5.74) is 8.93. The van der Waals surface area contributed by atoms with Gasteiger partial charge in [0.1, 0.15) is 11.5 Å². The number of tetrazole rings is 1. The van der Waals surface area contributed by atoms with Gasteiger partial charge in [0.25, 0.3) is 0 Å². The van der Waals surface area contributed by atoms with E-state index in [9.17, 15) is 8.78 Å². The number of hydrogen-bond donors (Lipinski definition) is 2. The summed E-state index contributed by atoms with van der Waals surface area (Å²) in [6.07, 6.45) is 3.62. The highest BCUT2D eigenvalue weighted by molar-refractivity contribution is 7.15. The zero-order valence-corrected chi connectivity index (χ0v) is 19.3. The number of hydrogen-bond acceptors (Lipinski definition) is 7. The smallest absolute Gasteiger partial charge is 0.190 e. The van der Waals surface area contributed by atoms with Gasteiger partial charge < -0.3 is 11.1 Å². The zero-order chi connectivity index (χ0) is 23.3. The lowest BCUT2D eigenvalue weighted by molar-refractivity contribution is 0.400. The third-order valence-corrected chi connectivity index (χ3v) is 7.17. The van der Waals surface area contributed by atoms with Gasteiger partial charge in [0.15, 0.2) is 17.5 Å². The summed E-state index contributed by atoms with van der Waals surface area (Å²) >= 11 is 1.73. The minimum Gasteiger partial charge on any atom is -0.383 e. The van der Waals surface area contributed by atoms with Gasteiger partial charge in [-0.2, -0.15) is 4.68 Å². The molecule has 7 nitrogen and oxygen atoms in total. The molecule has 0 bridgehead atoms. The maximum absolute atomic E-state index is 14.7. The minimum atomic E-state index is -1.02. The van der Waals surface area contributed by atoms with E-state index in [4.69, 9.17) is 5.73 Å². The largest absolute Gasteiger partial charge is 0.383 e. The molecule has 0 fully saturated rings. The number of nitrogens with two attached hydrogens (primary N) is 1. The van der Waals surface area contributed by atoms with E-state index in [2.05, 4.69) is 45.7 Å². The van der Waals surface area contributed by atoms with Crippen LogP contribution in [0.5, 0.6) is 0 Å². The molecule has 1 aliphatic heterocycles. The lowest BCUT2D eigenvalue weighted by atomic mass is 9.96. The van der Waals surface area contributed by atoms with Crippen molar-refractivity contribution < 1.29 is 8.78 Å². The second-order valence-electron chi connectivity index (χ2n) is 8.90. The number of halogens is 2. The summed E-state index contributed by atoms with van der Waals surface area (Å²) in [5.74, 6) is -1.57. The molecule has 33 heavy (non-hydrogen) atoms. The molecule has 3 N–H and O–H groups in total. The molecular formula is C23H23F2N7S. The van der Waals surface area contributed by atoms with Crippen molar-refractivity contribution in [1.29, 1.82) is 0 Å². The van der Waals surface area contributed by atoms with Crippen LogP contribution in [0.4, 0.5) is 14.6 Å². The Kier molecular flexibility index (Phi) is 5.21. The van der Waals surface area contributed by atoms with Gasteiger partial charge in [-0.3, -0.25) is 0 Å². The van der Waals surface area contributed by atoms with Gasteiger partial charge in [0.05, 0.1) is 5.56 Å². The number of aromatic nitrogens is 5. The predicted molar refractivity (Wildman–Crippen MR) is 124 cm³/mol. The number of nitrogen functional groups attached to an aromatic ring is 1. The summed E-state index contributed by atoms with van der Waals surface area (Å²) in [6.45, 7) is 6.83. The van der Waals surface area contributed by atoms with Crippen LogP contribution in [0, 0.1) is 18.6 Å². The standard InChI is InChI=1S/C23H23F2N7S/c1-12-4-5-16(20(25)19(12)24)32-22(29-30-31-32)15-8-14(11-27-21(15)26)18-9-13-10-23(2,3)28-7-6-17(13)33-18/h4-5,8-9,11,28H,6-7,10H2,1-3H3,(H2,26,27). The van der Waals surface area contributed by atoms with Crippen LogP contribution in [0.15, 0.2) is 30.5 Å². The van der Waals surface area contributed by atoms with Crippen LogP contribution in [0.25, 0.3) is 27.5 Å². The first-order valence-corrected chi connectivity index (χ1v) is 11.4. The number of thiophene rings is 1. The van der Waals surface area contributed by atoms with Crippen LogP contribution in [-0.2, 0) is 12.8 Å². The fourth-order valence-electron chi connectivity index (χ4n) is 4.13. The van der Waals surface area contributed by atoms with Crippen molar-refractivity contribution >= 4 is 17.2 Å². The van der Waals surface area contributed by atoms with Crippen LogP contribution in [0.2, 0.25) is 0 Å².